The van der Waals surface area contributed by atoms with Gasteiger partial charge in [0.15, 0.2) is 0 Å². The highest BCUT2D eigenvalue weighted by Crippen LogP contribution is 2.19. The van der Waals surface area contributed by atoms with Crippen molar-refractivity contribution >= 4 is 5.91 Å². The Morgan fingerprint density at radius 3 is 2.48 bits per heavy atom. The van der Waals surface area contributed by atoms with Gasteiger partial charge in [-0.05, 0) is 18.5 Å². The van der Waals surface area contributed by atoms with Gasteiger partial charge in [0.05, 0.1) is 6.61 Å². The maximum Gasteiger partial charge on any atom is 0.249 e. The van der Waals surface area contributed by atoms with E-state index in [0.29, 0.717) is 13.1 Å². The van der Waals surface area contributed by atoms with Crippen LogP contribution in [0.5, 0.6) is 0 Å². The van der Waals surface area contributed by atoms with Crippen LogP contribution < -0.4 is 10.6 Å². The first kappa shape index (κ1) is 17.6. The summed E-state index contributed by atoms with van der Waals surface area (Å²) in [5, 5.41) is 24.8. The standard InChI is InChI=1S/C16H26N2O3/c1-16(2,12-19)14(20)15(21)18-11-10-17-9-8-13-6-4-3-5-7-13/h3-7,14,17,19-20H,8-12H2,1-2H3,(H,18,21)/t14-/m0/s1. The predicted molar refractivity (Wildman–Crippen MR) is 82.9 cm³/mol. The zero-order valence-electron chi connectivity index (χ0n) is 12.8. The molecule has 5 heteroatoms. The van der Waals surface area contributed by atoms with Crippen molar-refractivity contribution < 1.29 is 15.0 Å². The Kier molecular flexibility index (Phi) is 7.36. The molecule has 1 amide bonds. The van der Waals surface area contributed by atoms with Crippen molar-refractivity contribution in [3.63, 3.8) is 0 Å². The van der Waals surface area contributed by atoms with Gasteiger partial charge in [-0.2, -0.15) is 0 Å². The van der Waals surface area contributed by atoms with Gasteiger partial charge in [0.1, 0.15) is 6.10 Å². The van der Waals surface area contributed by atoms with E-state index in [4.69, 9.17) is 5.11 Å². The molecule has 0 aromatic heterocycles. The van der Waals surface area contributed by atoms with Crippen LogP contribution in [-0.2, 0) is 11.2 Å². The van der Waals surface area contributed by atoms with Crippen LogP contribution in [0, 0.1) is 5.41 Å². The SMILES string of the molecule is CC(C)(CO)[C@@H](O)C(=O)NCCNCCc1ccccc1. The van der Waals surface area contributed by atoms with Crippen molar-refractivity contribution in [2.24, 2.45) is 5.41 Å². The van der Waals surface area contributed by atoms with Crippen LogP contribution in [0.4, 0.5) is 0 Å². The van der Waals surface area contributed by atoms with Crippen molar-refractivity contribution in [2.45, 2.75) is 26.4 Å². The molecule has 0 saturated carbocycles. The van der Waals surface area contributed by atoms with Crippen molar-refractivity contribution in [1.82, 2.24) is 10.6 Å². The largest absolute Gasteiger partial charge is 0.396 e. The second-order valence-electron chi connectivity index (χ2n) is 5.83. The molecule has 118 valence electrons. The minimum atomic E-state index is -1.20. The molecule has 1 rings (SSSR count). The smallest absolute Gasteiger partial charge is 0.249 e. The molecule has 0 aliphatic heterocycles. The molecule has 0 radical (unpaired) electrons. The third-order valence-corrected chi connectivity index (χ3v) is 3.43. The minimum absolute atomic E-state index is 0.239. The molecule has 0 saturated heterocycles. The van der Waals surface area contributed by atoms with Crippen LogP contribution >= 0.6 is 0 Å². The molecule has 0 aliphatic rings. The van der Waals surface area contributed by atoms with Gasteiger partial charge in [-0.15, -0.1) is 0 Å². The summed E-state index contributed by atoms with van der Waals surface area (Å²) < 4.78 is 0. The molecule has 4 N–H and O–H groups in total. The van der Waals surface area contributed by atoms with E-state index in [1.54, 1.807) is 13.8 Å². The molecule has 0 aliphatic carbocycles. The molecule has 21 heavy (non-hydrogen) atoms. The number of aliphatic hydroxyl groups excluding tert-OH is 2. The Labute approximate surface area is 126 Å². The van der Waals surface area contributed by atoms with Crippen LogP contribution in [0.1, 0.15) is 19.4 Å². The molecule has 0 heterocycles. The van der Waals surface area contributed by atoms with Crippen LogP contribution in [0.15, 0.2) is 30.3 Å². The third kappa shape index (κ3) is 6.25. The van der Waals surface area contributed by atoms with E-state index in [-0.39, 0.29) is 6.61 Å². The topological polar surface area (TPSA) is 81.6 Å². The van der Waals surface area contributed by atoms with E-state index in [1.807, 2.05) is 18.2 Å². The Morgan fingerprint density at radius 2 is 1.86 bits per heavy atom. The van der Waals surface area contributed by atoms with Gasteiger partial charge in [0, 0.05) is 18.5 Å². The maximum absolute atomic E-state index is 11.7. The highest BCUT2D eigenvalue weighted by atomic mass is 16.3. The van der Waals surface area contributed by atoms with Gasteiger partial charge in [0.2, 0.25) is 5.91 Å². The van der Waals surface area contributed by atoms with Gasteiger partial charge in [-0.1, -0.05) is 44.2 Å². The molecule has 5 nitrogen and oxygen atoms in total. The van der Waals surface area contributed by atoms with E-state index < -0.39 is 17.4 Å². The van der Waals surface area contributed by atoms with Gasteiger partial charge in [0.25, 0.3) is 0 Å². The fraction of sp³-hybridized carbons (Fsp3) is 0.562. The Bertz CT molecular complexity index is 421. The second-order valence-corrected chi connectivity index (χ2v) is 5.83. The summed E-state index contributed by atoms with van der Waals surface area (Å²) in [6.45, 7) is 4.99. The first-order chi connectivity index (χ1) is 9.97. The molecular weight excluding hydrogens is 268 g/mol. The number of hydrogen-bond acceptors (Lipinski definition) is 4. The summed E-state index contributed by atoms with van der Waals surface area (Å²) in [6.07, 6.45) is -0.263. The zero-order valence-corrected chi connectivity index (χ0v) is 12.8. The lowest BCUT2D eigenvalue weighted by Gasteiger charge is -2.27. The summed E-state index contributed by atoms with van der Waals surface area (Å²) in [4.78, 5) is 11.7. The second kappa shape index (κ2) is 8.77. The van der Waals surface area contributed by atoms with E-state index in [1.165, 1.54) is 5.56 Å². The Balaban J connectivity index is 2.13. The normalized spacial score (nSPS) is 13.0. The molecule has 1 atom stereocenters. The van der Waals surface area contributed by atoms with Gasteiger partial charge in [-0.25, -0.2) is 0 Å². The fourth-order valence-corrected chi connectivity index (χ4v) is 1.81. The highest BCUT2D eigenvalue weighted by molar-refractivity contribution is 5.81. The van der Waals surface area contributed by atoms with Crippen molar-refractivity contribution in [3.05, 3.63) is 35.9 Å². The summed E-state index contributed by atoms with van der Waals surface area (Å²) in [5.41, 5.74) is 0.444. The Hall–Kier alpha value is -1.43. The lowest BCUT2D eigenvalue weighted by Crippen LogP contribution is -2.47. The molecule has 0 fully saturated rings. The number of rotatable bonds is 9. The zero-order chi connectivity index (χ0) is 15.7. The minimum Gasteiger partial charge on any atom is -0.396 e. The van der Waals surface area contributed by atoms with E-state index in [0.717, 1.165) is 13.0 Å². The van der Waals surface area contributed by atoms with Crippen molar-refractivity contribution in [3.8, 4) is 0 Å². The average molecular weight is 294 g/mol. The first-order valence-corrected chi connectivity index (χ1v) is 7.28. The van der Waals surface area contributed by atoms with Crippen LogP contribution in [-0.4, -0.2) is 48.5 Å². The van der Waals surface area contributed by atoms with Crippen molar-refractivity contribution in [2.75, 3.05) is 26.2 Å². The molecule has 0 unspecified atom stereocenters. The summed E-state index contributed by atoms with van der Waals surface area (Å²) in [7, 11) is 0. The summed E-state index contributed by atoms with van der Waals surface area (Å²) >= 11 is 0. The number of benzene rings is 1. The molecule has 1 aromatic rings. The molecule has 1 aromatic carbocycles. The number of carbonyl (C=O) groups is 1. The van der Waals surface area contributed by atoms with Gasteiger partial charge < -0.3 is 20.8 Å². The van der Waals surface area contributed by atoms with Gasteiger partial charge >= 0.3 is 0 Å². The Morgan fingerprint density at radius 1 is 1.19 bits per heavy atom. The van der Waals surface area contributed by atoms with E-state index >= 15 is 0 Å². The lowest BCUT2D eigenvalue weighted by molar-refractivity contribution is -0.137. The number of nitrogens with one attached hydrogen (secondary N) is 2. The molecule has 0 spiro atoms. The number of carbonyl (C=O) groups excluding carboxylic acids is 1. The van der Waals surface area contributed by atoms with Crippen LogP contribution in [0.3, 0.4) is 0 Å². The monoisotopic (exact) mass is 294 g/mol. The molecular formula is C16H26N2O3. The quantitative estimate of drug-likeness (QED) is 0.494. The van der Waals surface area contributed by atoms with E-state index in [9.17, 15) is 9.90 Å². The van der Waals surface area contributed by atoms with Gasteiger partial charge in [-0.3, -0.25) is 4.79 Å². The predicted octanol–water partition coefficient (Wildman–Crippen LogP) is 0.314. The summed E-state index contributed by atoms with van der Waals surface area (Å²) in [6, 6.07) is 10.2. The average Bonchev–Trinajstić information content (AvgIpc) is 2.50. The first-order valence-electron chi connectivity index (χ1n) is 7.28. The summed E-state index contributed by atoms with van der Waals surface area (Å²) in [5.74, 6) is -0.445. The van der Waals surface area contributed by atoms with Crippen LogP contribution in [0.25, 0.3) is 0 Å². The number of aliphatic hydroxyl groups is 2. The van der Waals surface area contributed by atoms with Crippen molar-refractivity contribution in [1.29, 1.82) is 0 Å². The highest BCUT2D eigenvalue weighted by Gasteiger charge is 2.32. The molecule has 0 bridgehead atoms. The fourth-order valence-electron chi connectivity index (χ4n) is 1.81. The number of amides is 1. The third-order valence-electron chi connectivity index (χ3n) is 3.43. The lowest BCUT2D eigenvalue weighted by atomic mass is 9.87. The maximum atomic E-state index is 11.7. The number of hydrogen-bond donors (Lipinski definition) is 4. The van der Waals surface area contributed by atoms with Crippen LogP contribution in [0.2, 0.25) is 0 Å². The van der Waals surface area contributed by atoms with E-state index in [2.05, 4.69) is 22.8 Å².